The Bertz CT molecular complexity index is 1210. The smallest absolute Gasteiger partial charge is 0.261 e. The van der Waals surface area contributed by atoms with Crippen molar-refractivity contribution in [1.29, 1.82) is 0 Å². The molecule has 8 heteroatoms. The fraction of sp³-hybridized carbons (Fsp3) is 0.227. The summed E-state index contributed by atoms with van der Waals surface area (Å²) in [5.41, 5.74) is 1.29. The molecule has 1 aromatic carbocycles. The number of hydrogen-bond acceptors (Lipinski definition) is 5. The van der Waals surface area contributed by atoms with E-state index in [1.54, 1.807) is 6.07 Å². The standard InChI is InChI=1S/C22H21FN4OS2/c1-4-22(3,23)13-27-16-8-5-7-14(2)15(16)11-17(27)21-26-25-19(30-21)12-24-20(28)18-9-6-10-29-18/h4-11H,1,12-13H2,2-3H3,(H,24,28). The van der Waals surface area contributed by atoms with Gasteiger partial charge in [-0.15, -0.1) is 21.5 Å². The third-order valence-electron chi connectivity index (χ3n) is 4.89. The van der Waals surface area contributed by atoms with Gasteiger partial charge in [0.2, 0.25) is 0 Å². The zero-order chi connectivity index (χ0) is 21.3. The molecular formula is C22H21FN4OS2. The zero-order valence-corrected chi connectivity index (χ0v) is 18.3. The normalized spacial score (nSPS) is 13.3. The maximum atomic E-state index is 14.8. The predicted octanol–water partition coefficient (Wildman–Crippen LogP) is 5.37. The highest BCUT2D eigenvalue weighted by Crippen LogP contribution is 2.33. The molecule has 3 heterocycles. The molecule has 0 aliphatic rings. The molecule has 3 aromatic heterocycles. The van der Waals surface area contributed by atoms with E-state index in [2.05, 4.69) is 22.1 Å². The maximum Gasteiger partial charge on any atom is 0.261 e. The third-order valence-corrected chi connectivity index (χ3v) is 6.70. The van der Waals surface area contributed by atoms with Crippen LogP contribution in [-0.4, -0.2) is 26.3 Å². The minimum absolute atomic E-state index is 0.128. The van der Waals surface area contributed by atoms with Gasteiger partial charge in [-0.2, -0.15) is 0 Å². The SMILES string of the molecule is C=CC(C)(F)Cn1c(-c2nnc(CNC(=O)c3cccs3)s2)cc2c(C)cccc21. The Labute approximate surface area is 181 Å². The number of nitrogens with zero attached hydrogens (tertiary/aromatic N) is 3. The van der Waals surface area contributed by atoms with Gasteiger partial charge in [0.15, 0.2) is 5.01 Å². The number of carbonyl (C=O) groups is 1. The van der Waals surface area contributed by atoms with Crippen molar-refractivity contribution in [1.82, 2.24) is 20.1 Å². The maximum absolute atomic E-state index is 14.8. The van der Waals surface area contributed by atoms with Crippen LogP contribution in [-0.2, 0) is 13.1 Å². The number of alkyl halides is 1. The summed E-state index contributed by atoms with van der Waals surface area (Å²) in [6.45, 7) is 7.59. The predicted molar refractivity (Wildman–Crippen MR) is 121 cm³/mol. The quantitative estimate of drug-likeness (QED) is 0.393. The zero-order valence-electron chi connectivity index (χ0n) is 16.7. The van der Waals surface area contributed by atoms with Crippen LogP contribution in [0.25, 0.3) is 21.6 Å². The molecule has 30 heavy (non-hydrogen) atoms. The lowest BCUT2D eigenvalue weighted by atomic mass is 10.1. The highest BCUT2D eigenvalue weighted by Gasteiger charge is 2.24. The van der Waals surface area contributed by atoms with Crippen LogP contribution < -0.4 is 5.32 Å². The van der Waals surface area contributed by atoms with E-state index in [1.165, 1.54) is 35.7 Å². The number of rotatable bonds is 7. The lowest BCUT2D eigenvalue weighted by Gasteiger charge is -2.19. The molecule has 1 unspecified atom stereocenters. The molecular weight excluding hydrogens is 419 g/mol. The molecule has 0 aliphatic heterocycles. The average molecular weight is 441 g/mol. The highest BCUT2D eigenvalue weighted by molar-refractivity contribution is 7.14. The van der Waals surface area contributed by atoms with Crippen molar-refractivity contribution in [2.45, 2.75) is 32.6 Å². The highest BCUT2D eigenvalue weighted by atomic mass is 32.1. The van der Waals surface area contributed by atoms with Gasteiger partial charge in [0.05, 0.1) is 23.7 Å². The minimum atomic E-state index is -1.56. The van der Waals surface area contributed by atoms with E-state index in [0.717, 1.165) is 22.2 Å². The Kier molecular flexibility index (Phi) is 5.53. The van der Waals surface area contributed by atoms with Crippen molar-refractivity contribution >= 4 is 39.5 Å². The lowest BCUT2D eigenvalue weighted by Crippen LogP contribution is -2.22. The Morgan fingerprint density at radius 2 is 2.17 bits per heavy atom. The summed E-state index contributed by atoms with van der Waals surface area (Å²) in [5, 5.41) is 15.7. The van der Waals surface area contributed by atoms with E-state index in [-0.39, 0.29) is 12.5 Å². The van der Waals surface area contributed by atoms with Crippen LogP contribution in [0.15, 0.2) is 54.4 Å². The van der Waals surface area contributed by atoms with Gasteiger partial charge in [-0.05, 0) is 43.0 Å². The van der Waals surface area contributed by atoms with Crippen molar-refractivity contribution in [3.8, 4) is 10.7 Å². The van der Waals surface area contributed by atoms with Crippen LogP contribution in [0.3, 0.4) is 0 Å². The number of aryl methyl sites for hydroxylation is 1. The molecule has 0 saturated carbocycles. The number of amides is 1. The number of thiophene rings is 1. The van der Waals surface area contributed by atoms with Crippen LogP contribution in [0, 0.1) is 6.92 Å². The number of halogens is 1. The van der Waals surface area contributed by atoms with Crippen LogP contribution in [0.4, 0.5) is 4.39 Å². The summed E-state index contributed by atoms with van der Waals surface area (Å²) in [6, 6.07) is 11.6. The summed E-state index contributed by atoms with van der Waals surface area (Å²) < 4.78 is 16.8. The first-order valence-corrected chi connectivity index (χ1v) is 11.1. The van der Waals surface area contributed by atoms with Crippen molar-refractivity contribution in [3.63, 3.8) is 0 Å². The van der Waals surface area contributed by atoms with Crippen LogP contribution in [0.2, 0.25) is 0 Å². The van der Waals surface area contributed by atoms with Crippen LogP contribution in [0.1, 0.15) is 27.2 Å². The first-order chi connectivity index (χ1) is 14.4. The van der Waals surface area contributed by atoms with Crippen molar-refractivity contribution in [3.05, 3.63) is 69.9 Å². The molecule has 0 spiro atoms. The van der Waals surface area contributed by atoms with E-state index in [4.69, 9.17) is 0 Å². The number of aromatic nitrogens is 3. The summed E-state index contributed by atoms with van der Waals surface area (Å²) in [6.07, 6.45) is 1.32. The van der Waals surface area contributed by atoms with Crippen molar-refractivity contribution in [2.24, 2.45) is 0 Å². The third kappa shape index (κ3) is 4.06. The van der Waals surface area contributed by atoms with E-state index < -0.39 is 5.67 Å². The molecule has 1 amide bonds. The van der Waals surface area contributed by atoms with E-state index in [1.807, 2.05) is 47.2 Å². The molecule has 0 radical (unpaired) electrons. The molecule has 0 saturated heterocycles. The molecule has 0 aliphatic carbocycles. The molecule has 4 rings (SSSR count). The lowest BCUT2D eigenvalue weighted by molar-refractivity contribution is 0.0955. The van der Waals surface area contributed by atoms with Crippen LogP contribution in [0.5, 0.6) is 0 Å². The first kappa shape index (κ1) is 20.4. The van der Waals surface area contributed by atoms with Gasteiger partial charge in [-0.3, -0.25) is 4.79 Å². The molecule has 5 nitrogen and oxygen atoms in total. The molecule has 0 fully saturated rings. The first-order valence-electron chi connectivity index (χ1n) is 9.44. The Balaban J connectivity index is 1.65. The number of fused-ring (bicyclic) bond motifs is 1. The topological polar surface area (TPSA) is 59.8 Å². The van der Waals surface area contributed by atoms with Gasteiger partial charge < -0.3 is 9.88 Å². The number of allylic oxidation sites excluding steroid dienone is 1. The van der Waals surface area contributed by atoms with Gasteiger partial charge in [0, 0.05) is 10.9 Å². The number of benzene rings is 1. The molecule has 4 aromatic rings. The van der Waals surface area contributed by atoms with E-state index >= 15 is 0 Å². The Morgan fingerprint density at radius 1 is 1.33 bits per heavy atom. The Hall–Kier alpha value is -2.84. The summed E-state index contributed by atoms with van der Waals surface area (Å²) >= 11 is 2.78. The number of hydrogen-bond donors (Lipinski definition) is 1. The Morgan fingerprint density at radius 3 is 2.90 bits per heavy atom. The molecule has 1 N–H and O–H groups in total. The monoisotopic (exact) mass is 440 g/mol. The number of carbonyl (C=O) groups excluding carboxylic acids is 1. The fourth-order valence-corrected chi connectivity index (χ4v) is 4.68. The second-order valence-corrected chi connectivity index (χ2v) is 9.28. The molecule has 154 valence electrons. The minimum Gasteiger partial charge on any atom is -0.345 e. The second-order valence-electron chi connectivity index (χ2n) is 7.27. The van der Waals surface area contributed by atoms with E-state index in [9.17, 15) is 9.18 Å². The summed E-state index contributed by atoms with van der Waals surface area (Å²) in [5.74, 6) is -0.134. The van der Waals surface area contributed by atoms with Crippen molar-refractivity contribution < 1.29 is 9.18 Å². The average Bonchev–Trinajstić information content (AvgIpc) is 3.47. The number of nitrogens with one attached hydrogen (secondary N) is 1. The molecule has 1 atom stereocenters. The molecule has 0 bridgehead atoms. The van der Waals surface area contributed by atoms with Crippen LogP contribution >= 0.6 is 22.7 Å². The van der Waals surface area contributed by atoms with Gasteiger partial charge in [-0.25, -0.2) is 4.39 Å². The van der Waals surface area contributed by atoms with Gasteiger partial charge in [-0.1, -0.05) is 42.2 Å². The second kappa shape index (κ2) is 8.12. The van der Waals surface area contributed by atoms with E-state index in [0.29, 0.717) is 21.4 Å². The van der Waals surface area contributed by atoms with Gasteiger partial charge in [0.25, 0.3) is 5.91 Å². The fourth-order valence-electron chi connectivity index (χ4n) is 3.23. The van der Waals surface area contributed by atoms with Gasteiger partial charge >= 0.3 is 0 Å². The van der Waals surface area contributed by atoms with Crippen molar-refractivity contribution in [2.75, 3.05) is 0 Å². The largest absolute Gasteiger partial charge is 0.345 e. The van der Waals surface area contributed by atoms with Gasteiger partial charge in [0.1, 0.15) is 10.7 Å². The summed E-state index contributed by atoms with van der Waals surface area (Å²) in [7, 11) is 0. The summed E-state index contributed by atoms with van der Waals surface area (Å²) in [4.78, 5) is 12.8.